The van der Waals surface area contributed by atoms with Crippen LogP contribution in [0.3, 0.4) is 0 Å². The Morgan fingerprint density at radius 3 is 2.60 bits per heavy atom. The van der Waals surface area contributed by atoms with Crippen LogP contribution in [0.15, 0.2) is 12.3 Å². The molecule has 10 heavy (non-hydrogen) atoms. The van der Waals surface area contributed by atoms with Crippen LogP contribution in [0.2, 0.25) is 0 Å². The van der Waals surface area contributed by atoms with Crippen LogP contribution in [-0.2, 0) is 0 Å². The molecule has 0 bridgehead atoms. The van der Waals surface area contributed by atoms with Crippen molar-refractivity contribution >= 4 is 5.82 Å². The molecule has 1 heterocycles. The fourth-order valence-electron chi connectivity index (χ4n) is 0.942. The Balaban J connectivity index is 3.07. The van der Waals surface area contributed by atoms with E-state index in [9.17, 15) is 0 Å². The van der Waals surface area contributed by atoms with Crippen LogP contribution in [0, 0.1) is 13.8 Å². The Morgan fingerprint density at radius 1 is 1.40 bits per heavy atom. The lowest BCUT2D eigenvalue weighted by molar-refractivity contribution is 1.23. The highest BCUT2D eigenvalue weighted by atomic mass is 15.0. The highest BCUT2D eigenvalue weighted by Gasteiger charge is 1.86. The first-order valence-corrected chi connectivity index (χ1v) is 3.27. The van der Waals surface area contributed by atoms with Crippen LogP contribution in [0.4, 0.5) is 5.82 Å². The standard InChI is InChI=1S/C8H11N2/c1-6-4-7(2)8(9-3)10-5-6/h4-5H,1-3H3/q-1. The maximum absolute atomic E-state index is 4.13. The molecule has 0 aliphatic rings. The summed E-state index contributed by atoms with van der Waals surface area (Å²) in [6, 6.07) is 2.08. The van der Waals surface area contributed by atoms with Gasteiger partial charge in [-0.1, -0.05) is 36.3 Å². The number of hydrogen-bond donors (Lipinski definition) is 0. The summed E-state index contributed by atoms with van der Waals surface area (Å²) in [4.78, 5) is 4.13. The predicted molar refractivity (Wildman–Crippen MR) is 42.7 cm³/mol. The molecule has 0 fully saturated rings. The van der Waals surface area contributed by atoms with Gasteiger partial charge < -0.3 is 10.3 Å². The Hall–Kier alpha value is -1.05. The van der Waals surface area contributed by atoms with E-state index in [0.29, 0.717) is 0 Å². The summed E-state index contributed by atoms with van der Waals surface area (Å²) >= 11 is 0. The molecular weight excluding hydrogens is 124 g/mol. The number of nitrogens with zero attached hydrogens (tertiary/aromatic N) is 2. The smallest absolute Gasteiger partial charge is 0.0399 e. The van der Waals surface area contributed by atoms with Gasteiger partial charge in [-0.2, -0.15) is 0 Å². The Bertz CT molecular complexity index is 231. The Kier molecular flexibility index (Phi) is 1.90. The van der Waals surface area contributed by atoms with Crippen LogP contribution in [-0.4, -0.2) is 12.0 Å². The first kappa shape index (κ1) is 7.06. The van der Waals surface area contributed by atoms with Crippen molar-refractivity contribution in [3.63, 3.8) is 0 Å². The van der Waals surface area contributed by atoms with Crippen LogP contribution in [0.25, 0.3) is 5.32 Å². The van der Waals surface area contributed by atoms with E-state index in [1.165, 1.54) is 5.56 Å². The Morgan fingerprint density at radius 2 is 2.10 bits per heavy atom. The topological polar surface area (TPSA) is 27.0 Å². The lowest BCUT2D eigenvalue weighted by Crippen LogP contribution is -1.82. The van der Waals surface area contributed by atoms with E-state index >= 15 is 0 Å². The molecule has 0 aliphatic carbocycles. The van der Waals surface area contributed by atoms with Gasteiger partial charge in [0.1, 0.15) is 0 Å². The molecule has 2 nitrogen and oxygen atoms in total. The fraction of sp³-hybridized carbons (Fsp3) is 0.375. The molecule has 0 amide bonds. The third-order valence-corrected chi connectivity index (χ3v) is 1.40. The molecule has 0 atom stereocenters. The average Bonchev–Trinajstić information content (AvgIpc) is 1.88. The van der Waals surface area contributed by atoms with E-state index in [1.54, 1.807) is 7.05 Å². The van der Waals surface area contributed by atoms with Gasteiger partial charge in [-0.25, -0.2) is 0 Å². The second-order valence-corrected chi connectivity index (χ2v) is 2.38. The van der Waals surface area contributed by atoms with Gasteiger partial charge in [-0.3, -0.25) is 0 Å². The Labute approximate surface area is 61.3 Å². The first-order valence-electron chi connectivity index (χ1n) is 3.27. The van der Waals surface area contributed by atoms with Gasteiger partial charge in [-0.15, -0.1) is 0 Å². The van der Waals surface area contributed by atoms with Gasteiger partial charge in [0.15, 0.2) is 0 Å². The normalized spacial score (nSPS) is 9.50. The van der Waals surface area contributed by atoms with Crippen molar-refractivity contribution in [2.75, 3.05) is 7.05 Å². The molecule has 0 aromatic carbocycles. The van der Waals surface area contributed by atoms with Crippen molar-refractivity contribution in [3.8, 4) is 0 Å². The highest BCUT2D eigenvalue weighted by Crippen LogP contribution is 2.17. The number of pyridine rings is 1. The molecule has 0 aliphatic heterocycles. The quantitative estimate of drug-likeness (QED) is 0.580. The molecule has 54 valence electrons. The SMILES string of the molecule is C[N-]c1ncc(C)cc1C. The third-order valence-electron chi connectivity index (χ3n) is 1.40. The third kappa shape index (κ3) is 1.26. The molecule has 0 unspecified atom stereocenters. The summed E-state index contributed by atoms with van der Waals surface area (Å²) in [5.41, 5.74) is 2.33. The highest BCUT2D eigenvalue weighted by molar-refractivity contribution is 5.47. The maximum atomic E-state index is 4.13. The molecule has 1 aromatic rings. The summed E-state index contributed by atoms with van der Waals surface area (Å²) in [5.74, 6) is 0.839. The summed E-state index contributed by atoms with van der Waals surface area (Å²) in [6.07, 6.45) is 1.83. The minimum absolute atomic E-state index is 0.839. The lowest BCUT2D eigenvalue weighted by atomic mass is 10.2. The van der Waals surface area contributed by atoms with Gasteiger partial charge >= 0.3 is 0 Å². The van der Waals surface area contributed by atoms with Gasteiger partial charge in [0.05, 0.1) is 0 Å². The second-order valence-electron chi connectivity index (χ2n) is 2.38. The van der Waals surface area contributed by atoms with Crippen molar-refractivity contribution < 1.29 is 0 Å². The molecule has 0 spiro atoms. The molecule has 1 rings (SSSR count). The zero-order chi connectivity index (χ0) is 7.56. The molecule has 0 saturated heterocycles. The van der Waals surface area contributed by atoms with Gasteiger partial charge in [0, 0.05) is 0 Å². The summed E-state index contributed by atoms with van der Waals surface area (Å²) in [5, 5.41) is 4.00. The number of rotatable bonds is 1. The van der Waals surface area contributed by atoms with E-state index in [4.69, 9.17) is 0 Å². The van der Waals surface area contributed by atoms with E-state index in [2.05, 4.69) is 16.4 Å². The molecule has 0 N–H and O–H groups in total. The minimum Gasteiger partial charge on any atom is -0.469 e. The number of aryl methyl sites for hydroxylation is 2. The number of hydrogen-bond acceptors (Lipinski definition) is 1. The summed E-state index contributed by atoms with van der Waals surface area (Å²) in [6.45, 7) is 4.04. The predicted octanol–water partition coefficient (Wildman–Crippen LogP) is 2.33. The molecular formula is C8H11N2-. The van der Waals surface area contributed by atoms with Crippen molar-refractivity contribution in [1.29, 1.82) is 0 Å². The second kappa shape index (κ2) is 2.69. The fourth-order valence-corrected chi connectivity index (χ4v) is 0.942. The average molecular weight is 135 g/mol. The van der Waals surface area contributed by atoms with Crippen molar-refractivity contribution in [3.05, 3.63) is 28.7 Å². The molecule has 2 heteroatoms. The maximum Gasteiger partial charge on any atom is -0.0399 e. The summed E-state index contributed by atoms with van der Waals surface area (Å²) < 4.78 is 0. The van der Waals surface area contributed by atoms with E-state index in [0.717, 1.165) is 11.4 Å². The van der Waals surface area contributed by atoms with E-state index in [1.807, 2.05) is 20.0 Å². The van der Waals surface area contributed by atoms with Crippen LogP contribution < -0.4 is 0 Å². The van der Waals surface area contributed by atoms with Gasteiger partial charge in [-0.05, 0) is 13.8 Å². The van der Waals surface area contributed by atoms with Crippen LogP contribution >= 0.6 is 0 Å². The largest absolute Gasteiger partial charge is 0.469 e. The number of aromatic nitrogens is 1. The van der Waals surface area contributed by atoms with Crippen molar-refractivity contribution in [1.82, 2.24) is 4.98 Å². The van der Waals surface area contributed by atoms with Crippen molar-refractivity contribution in [2.24, 2.45) is 0 Å². The van der Waals surface area contributed by atoms with Gasteiger partial charge in [0.2, 0.25) is 0 Å². The minimum atomic E-state index is 0.839. The molecule has 1 aromatic heterocycles. The van der Waals surface area contributed by atoms with E-state index in [-0.39, 0.29) is 0 Å². The van der Waals surface area contributed by atoms with Crippen LogP contribution in [0.1, 0.15) is 11.1 Å². The molecule has 0 saturated carbocycles. The summed E-state index contributed by atoms with van der Waals surface area (Å²) in [7, 11) is 1.75. The monoisotopic (exact) mass is 135 g/mol. The van der Waals surface area contributed by atoms with Crippen molar-refractivity contribution in [2.45, 2.75) is 13.8 Å². The lowest BCUT2D eigenvalue weighted by Gasteiger charge is -2.13. The molecule has 0 radical (unpaired) electrons. The van der Waals surface area contributed by atoms with Gasteiger partial charge in [0.25, 0.3) is 0 Å². The first-order chi connectivity index (χ1) is 4.74. The van der Waals surface area contributed by atoms with E-state index < -0.39 is 0 Å². The zero-order valence-corrected chi connectivity index (χ0v) is 6.55. The van der Waals surface area contributed by atoms with Crippen LogP contribution in [0.5, 0.6) is 0 Å². The zero-order valence-electron chi connectivity index (χ0n) is 6.55.